The normalized spacial score (nSPS) is 36.7. The summed E-state index contributed by atoms with van der Waals surface area (Å²) < 4.78 is 37.1. The number of β-amino-alcohol motifs (C(OH)–C–C–N with tert-alkyl or cyclic N) is 1. The van der Waals surface area contributed by atoms with Gasteiger partial charge >= 0.3 is 6.18 Å². The summed E-state index contributed by atoms with van der Waals surface area (Å²) in [4.78, 5) is 3.34. The van der Waals surface area contributed by atoms with Gasteiger partial charge in [-0.1, -0.05) is 0 Å². The Labute approximate surface area is 128 Å². The monoisotopic (exact) mass is 326 g/mol. The Morgan fingerprint density at radius 3 is 2.18 bits per heavy atom. The smallest absolute Gasteiger partial charge is 0.389 e. The maximum Gasteiger partial charge on any atom is 0.401 e. The molecule has 0 amide bonds. The van der Waals surface area contributed by atoms with Gasteiger partial charge in [0.2, 0.25) is 0 Å². The van der Waals surface area contributed by atoms with E-state index in [0.717, 1.165) is 0 Å². The van der Waals surface area contributed by atoms with Gasteiger partial charge in [-0.15, -0.1) is 0 Å². The highest BCUT2D eigenvalue weighted by atomic mass is 19.4. The molecule has 2 aliphatic heterocycles. The molecular weight excluding hydrogens is 301 g/mol. The van der Waals surface area contributed by atoms with Crippen LogP contribution in [0.25, 0.3) is 0 Å². The molecule has 2 saturated heterocycles. The average molecular weight is 326 g/mol. The summed E-state index contributed by atoms with van der Waals surface area (Å²) in [5.41, 5.74) is 0. The van der Waals surface area contributed by atoms with Crippen molar-refractivity contribution >= 4 is 0 Å². The molecule has 0 aromatic carbocycles. The lowest BCUT2D eigenvalue weighted by Gasteiger charge is -2.44. The van der Waals surface area contributed by atoms with Crippen LogP contribution in [0, 0.1) is 5.92 Å². The maximum absolute atomic E-state index is 12.4. The molecule has 2 fully saturated rings. The molecule has 0 saturated carbocycles. The Balaban J connectivity index is 1.81. The van der Waals surface area contributed by atoms with Crippen LogP contribution in [-0.4, -0.2) is 88.4 Å². The molecule has 4 atom stereocenters. The Morgan fingerprint density at radius 2 is 1.64 bits per heavy atom. The van der Waals surface area contributed by atoms with Gasteiger partial charge in [0.05, 0.1) is 18.8 Å². The molecule has 22 heavy (non-hydrogen) atoms. The van der Waals surface area contributed by atoms with Crippen LogP contribution < -0.4 is 0 Å². The summed E-state index contributed by atoms with van der Waals surface area (Å²) in [6.45, 7) is 2.67. The molecule has 0 radical (unpaired) electrons. The van der Waals surface area contributed by atoms with Gasteiger partial charge in [0, 0.05) is 19.1 Å². The van der Waals surface area contributed by atoms with Crippen molar-refractivity contribution in [3.8, 4) is 0 Å². The quantitative estimate of drug-likeness (QED) is 0.684. The van der Waals surface area contributed by atoms with Gasteiger partial charge in [0.15, 0.2) is 0 Å². The summed E-state index contributed by atoms with van der Waals surface area (Å²) in [6, 6.07) is -0.272. The van der Waals surface area contributed by atoms with E-state index < -0.39 is 31.0 Å². The number of likely N-dealkylation sites (tertiary alicyclic amines) is 2. The van der Waals surface area contributed by atoms with Crippen LogP contribution in [0.4, 0.5) is 13.2 Å². The summed E-state index contributed by atoms with van der Waals surface area (Å²) in [7, 11) is 0. The third-order valence-electron chi connectivity index (χ3n) is 4.84. The van der Waals surface area contributed by atoms with Crippen molar-refractivity contribution in [2.45, 2.75) is 50.3 Å². The van der Waals surface area contributed by atoms with Gasteiger partial charge in [-0.05, 0) is 38.8 Å². The zero-order valence-corrected chi connectivity index (χ0v) is 12.7. The van der Waals surface area contributed by atoms with Crippen molar-refractivity contribution in [2.24, 2.45) is 5.92 Å². The maximum atomic E-state index is 12.4. The van der Waals surface area contributed by atoms with Crippen molar-refractivity contribution in [1.29, 1.82) is 0 Å². The van der Waals surface area contributed by atoms with E-state index in [-0.39, 0.29) is 18.5 Å². The first kappa shape index (κ1) is 17.9. The minimum atomic E-state index is -4.15. The van der Waals surface area contributed by atoms with Crippen molar-refractivity contribution < 1.29 is 28.5 Å². The molecule has 5 nitrogen and oxygen atoms in total. The van der Waals surface area contributed by atoms with Gasteiger partial charge in [-0.3, -0.25) is 9.80 Å². The Morgan fingerprint density at radius 1 is 1.05 bits per heavy atom. The van der Waals surface area contributed by atoms with E-state index in [4.69, 9.17) is 0 Å². The van der Waals surface area contributed by atoms with Crippen LogP contribution in [-0.2, 0) is 0 Å². The number of halogens is 3. The summed E-state index contributed by atoms with van der Waals surface area (Å²) in [6.07, 6.45) is -5.94. The molecule has 0 unspecified atom stereocenters. The molecule has 2 aliphatic rings. The molecule has 0 aromatic rings. The minimum absolute atomic E-state index is 0.251. The Bertz CT molecular complexity index is 362. The zero-order valence-electron chi connectivity index (χ0n) is 12.7. The fourth-order valence-corrected chi connectivity index (χ4v) is 3.40. The minimum Gasteiger partial charge on any atom is -0.389 e. The van der Waals surface area contributed by atoms with Crippen molar-refractivity contribution in [2.75, 3.05) is 32.7 Å². The van der Waals surface area contributed by atoms with E-state index in [0.29, 0.717) is 32.5 Å². The van der Waals surface area contributed by atoms with Crippen LogP contribution in [0.15, 0.2) is 0 Å². The first-order valence-corrected chi connectivity index (χ1v) is 7.74. The molecule has 0 aliphatic carbocycles. The molecule has 8 heteroatoms. The fourth-order valence-electron chi connectivity index (χ4n) is 3.40. The zero-order chi connectivity index (χ0) is 16.5. The SMILES string of the molecule is C[C@@H]1[C@@H](O)[C@H](O)[C@@H](O)CN1CC1CCN(CC(F)(F)F)CC1. The molecule has 0 bridgehead atoms. The number of hydrogen-bond acceptors (Lipinski definition) is 5. The van der Waals surface area contributed by atoms with Crippen molar-refractivity contribution in [3.63, 3.8) is 0 Å². The lowest BCUT2D eigenvalue weighted by Crippen LogP contribution is -2.61. The van der Waals surface area contributed by atoms with Gasteiger partial charge in [0.25, 0.3) is 0 Å². The van der Waals surface area contributed by atoms with Crippen LogP contribution in [0.3, 0.4) is 0 Å². The molecule has 130 valence electrons. The molecule has 3 N–H and O–H groups in total. The highest BCUT2D eigenvalue weighted by Gasteiger charge is 2.40. The molecule has 2 rings (SSSR count). The Hall–Kier alpha value is -0.410. The van der Waals surface area contributed by atoms with Crippen molar-refractivity contribution in [1.82, 2.24) is 9.80 Å². The highest BCUT2D eigenvalue weighted by molar-refractivity contribution is 4.93. The number of hydrogen-bond donors (Lipinski definition) is 3. The largest absolute Gasteiger partial charge is 0.401 e. The van der Waals surface area contributed by atoms with Crippen LogP contribution in [0.5, 0.6) is 0 Å². The third-order valence-corrected chi connectivity index (χ3v) is 4.84. The number of piperidine rings is 2. The second-order valence-electron chi connectivity index (χ2n) is 6.58. The van der Waals surface area contributed by atoms with E-state index in [1.807, 2.05) is 4.90 Å². The number of rotatable bonds is 3. The number of aliphatic hydroxyl groups is 3. The predicted molar refractivity (Wildman–Crippen MR) is 74.3 cm³/mol. The topological polar surface area (TPSA) is 67.2 Å². The van der Waals surface area contributed by atoms with Gasteiger partial charge < -0.3 is 15.3 Å². The number of aliphatic hydroxyl groups excluding tert-OH is 3. The summed E-state index contributed by atoms with van der Waals surface area (Å²) in [5.74, 6) is 0.251. The van der Waals surface area contributed by atoms with E-state index in [1.54, 1.807) is 6.92 Å². The van der Waals surface area contributed by atoms with E-state index in [9.17, 15) is 28.5 Å². The van der Waals surface area contributed by atoms with Gasteiger partial charge in [-0.2, -0.15) is 13.2 Å². The second kappa shape index (κ2) is 7.00. The lowest BCUT2D eigenvalue weighted by atomic mass is 9.91. The number of alkyl halides is 3. The summed E-state index contributed by atoms with van der Waals surface area (Å²) in [5, 5.41) is 29.3. The van der Waals surface area contributed by atoms with Crippen LogP contribution in [0.2, 0.25) is 0 Å². The second-order valence-corrected chi connectivity index (χ2v) is 6.58. The van der Waals surface area contributed by atoms with Crippen LogP contribution >= 0.6 is 0 Å². The first-order chi connectivity index (χ1) is 10.2. The lowest BCUT2D eigenvalue weighted by molar-refractivity contribution is -0.150. The molecule has 2 heterocycles. The number of nitrogens with zero attached hydrogens (tertiary/aromatic N) is 2. The first-order valence-electron chi connectivity index (χ1n) is 7.74. The molecular formula is C14H25F3N2O3. The van der Waals surface area contributed by atoms with Crippen LogP contribution in [0.1, 0.15) is 19.8 Å². The average Bonchev–Trinajstić information content (AvgIpc) is 2.43. The van der Waals surface area contributed by atoms with E-state index >= 15 is 0 Å². The Kier molecular flexibility index (Phi) is 5.71. The predicted octanol–water partition coefficient (Wildman–Crippen LogP) is 0.0475. The van der Waals surface area contributed by atoms with E-state index in [1.165, 1.54) is 4.90 Å². The molecule has 0 aromatic heterocycles. The standard InChI is InChI=1S/C14H25F3N2O3/c1-9-12(21)13(22)11(20)7-19(9)6-10-2-4-18(5-3-10)8-14(15,16)17/h9-13,20-22H,2-8H2,1H3/t9-,11+,12-,13-/m1/s1. The van der Waals surface area contributed by atoms with Gasteiger partial charge in [0.1, 0.15) is 6.10 Å². The van der Waals surface area contributed by atoms with E-state index in [2.05, 4.69) is 0 Å². The summed E-state index contributed by atoms with van der Waals surface area (Å²) >= 11 is 0. The van der Waals surface area contributed by atoms with Crippen molar-refractivity contribution in [3.05, 3.63) is 0 Å². The third kappa shape index (κ3) is 4.55. The van der Waals surface area contributed by atoms with Gasteiger partial charge in [-0.25, -0.2) is 0 Å². The fraction of sp³-hybridized carbons (Fsp3) is 1.00. The highest BCUT2D eigenvalue weighted by Crippen LogP contribution is 2.26. The molecule has 0 spiro atoms.